The van der Waals surface area contributed by atoms with Crippen LogP contribution in [0, 0.1) is 5.92 Å². The molecular weight excluding hydrogens is 546 g/mol. The van der Waals surface area contributed by atoms with Crippen LogP contribution in [0.15, 0.2) is 72.8 Å². The number of nitrogens with zero attached hydrogens (tertiary/aromatic N) is 5. The molecule has 1 aliphatic carbocycles. The SMILES string of the molecule is Cn1nnc2cc(CNC(=O)C3CN(C(=O)OCc4ccccc4)CCN3C(=O)C(N)C3Cc4ccccc4C3)ccc21. The summed E-state index contributed by atoms with van der Waals surface area (Å²) in [6.45, 7) is 0.770. The summed E-state index contributed by atoms with van der Waals surface area (Å²) < 4.78 is 7.22. The molecule has 3 aromatic carbocycles. The van der Waals surface area contributed by atoms with Crippen LogP contribution < -0.4 is 11.1 Å². The first-order valence-corrected chi connectivity index (χ1v) is 14.5. The van der Waals surface area contributed by atoms with E-state index >= 15 is 0 Å². The molecule has 0 bridgehead atoms. The van der Waals surface area contributed by atoms with E-state index in [1.807, 2.05) is 67.7 Å². The summed E-state index contributed by atoms with van der Waals surface area (Å²) in [4.78, 5) is 43.5. The van der Waals surface area contributed by atoms with Crippen LogP contribution in [0.25, 0.3) is 11.0 Å². The first kappa shape index (κ1) is 28.4. The second-order valence-electron chi connectivity index (χ2n) is 11.3. The van der Waals surface area contributed by atoms with Gasteiger partial charge in [-0.3, -0.25) is 9.59 Å². The summed E-state index contributed by atoms with van der Waals surface area (Å²) in [5, 5.41) is 11.1. The molecule has 1 aliphatic heterocycles. The number of nitrogens with two attached hydrogens (primary N) is 1. The Kier molecular flexibility index (Phi) is 8.06. The number of ether oxygens (including phenoxy) is 1. The molecule has 0 spiro atoms. The third-order valence-electron chi connectivity index (χ3n) is 8.45. The van der Waals surface area contributed by atoms with Crippen molar-refractivity contribution in [2.45, 2.75) is 38.1 Å². The second kappa shape index (κ2) is 12.2. The van der Waals surface area contributed by atoms with Gasteiger partial charge in [-0.1, -0.05) is 65.9 Å². The van der Waals surface area contributed by atoms with Gasteiger partial charge in [0.1, 0.15) is 18.2 Å². The zero-order valence-electron chi connectivity index (χ0n) is 24.1. The average molecular weight is 582 g/mol. The van der Waals surface area contributed by atoms with Crippen LogP contribution in [-0.4, -0.2) is 74.4 Å². The molecule has 2 unspecified atom stereocenters. The van der Waals surface area contributed by atoms with Gasteiger partial charge in [0.15, 0.2) is 0 Å². The van der Waals surface area contributed by atoms with E-state index in [1.165, 1.54) is 20.9 Å². The molecule has 1 saturated heterocycles. The quantitative estimate of drug-likeness (QED) is 0.342. The highest BCUT2D eigenvalue weighted by Crippen LogP contribution is 2.29. The lowest BCUT2D eigenvalue weighted by Crippen LogP contribution is -2.64. The van der Waals surface area contributed by atoms with Crippen LogP contribution in [-0.2, 0) is 47.4 Å². The maximum absolute atomic E-state index is 13.8. The zero-order chi connectivity index (χ0) is 29.9. The Morgan fingerprint density at radius 2 is 1.70 bits per heavy atom. The molecule has 3 amide bonds. The van der Waals surface area contributed by atoms with Gasteiger partial charge in [-0.25, -0.2) is 9.48 Å². The van der Waals surface area contributed by atoms with Crippen LogP contribution in [0.1, 0.15) is 22.3 Å². The Hall–Kier alpha value is -4.77. The van der Waals surface area contributed by atoms with E-state index < -0.39 is 18.2 Å². The maximum Gasteiger partial charge on any atom is 0.410 e. The van der Waals surface area contributed by atoms with Crippen LogP contribution in [0.2, 0.25) is 0 Å². The second-order valence-corrected chi connectivity index (χ2v) is 11.3. The number of amides is 3. The van der Waals surface area contributed by atoms with Gasteiger partial charge in [-0.2, -0.15) is 0 Å². The number of rotatable bonds is 7. The Morgan fingerprint density at radius 1 is 0.977 bits per heavy atom. The first-order valence-electron chi connectivity index (χ1n) is 14.5. The molecule has 222 valence electrons. The van der Waals surface area contributed by atoms with Gasteiger partial charge < -0.3 is 25.6 Å². The maximum atomic E-state index is 13.8. The molecular formula is C32H35N7O4. The van der Waals surface area contributed by atoms with E-state index in [2.05, 4.69) is 27.8 Å². The normalized spacial score (nSPS) is 17.5. The smallest absolute Gasteiger partial charge is 0.410 e. The summed E-state index contributed by atoms with van der Waals surface area (Å²) in [6, 6.07) is 21.5. The fourth-order valence-corrected chi connectivity index (χ4v) is 5.99. The van der Waals surface area contributed by atoms with Crippen molar-refractivity contribution in [1.29, 1.82) is 0 Å². The lowest BCUT2D eigenvalue weighted by Gasteiger charge is -2.41. The number of aryl methyl sites for hydroxylation is 1. The van der Waals surface area contributed by atoms with E-state index in [9.17, 15) is 14.4 Å². The van der Waals surface area contributed by atoms with Gasteiger partial charge in [0.05, 0.1) is 18.1 Å². The highest BCUT2D eigenvalue weighted by molar-refractivity contribution is 5.91. The fraction of sp³-hybridized carbons (Fsp3) is 0.344. The van der Waals surface area contributed by atoms with Crippen LogP contribution >= 0.6 is 0 Å². The number of carbonyl (C=O) groups excluding carboxylic acids is 3. The Morgan fingerprint density at radius 3 is 2.44 bits per heavy atom. The molecule has 1 fully saturated rings. The third-order valence-corrected chi connectivity index (χ3v) is 8.45. The standard InChI is InChI=1S/C32H35N7O4/c1-37-27-12-11-22(15-26(27)35-36-37)18-34-30(40)28-19-38(32(42)43-20-21-7-3-2-4-8-21)13-14-39(28)31(41)29(33)25-16-23-9-5-6-10-24(23)17-25/h2-12,15,25,28-29H,13-14,16-20,33H2,1H3,(H,34,40). The van der Waals surface area contributed by atoms with E-state index in [4.69, 9.17) is 10.5 Å². The molecule has 2 aliphatic rings. The number of aromatic nitrogens is 3. The highest BCUT2D eigenvalue weighted by atomic mass is 16.6. The number of piperazine rings is 1. The monoisotopic (exact) mass is 581 g/mol. The molecule has 4 aromatic rings. The van der Waals surface area contributed by atoms with Gasteiger partial charge in [0.25, 0.3) is 0 Å². The summed E-state index contributed by atoms with van der Waals surface area (Å²) in [6.07, 6.45) is 0.907. The molecule has 11 heteroatoms. The van der Waals surface area contributed by atoms with Crippen molar-refractivity contribution in [3.05, 3.63) is 95.1 Å². The van der Waals surface area contributed by atoms with Gasteiger partial charge in [-0.05, 0) is 53.1 Å². The topological polar surface area (TPSA) is 136 Å². The zero-order valence-corrected chi connectivity index (χ0v) is 24.1. The number of benzene rings is 3. The minimum atomic E-state index is -0.916. The predicted molar refractivity (Wildman–Crippen MR) is 159 cm³/mol. The van der Waals surface area contributed by atoms with Gasteiger partial charge in [0.2, 0.25) is 11.8 Å². The predicted octanol–water partition coefficient (Wildman–Crippen LogP) is 2.18. The molecule has 3 N–H and O–H groups in total. The minimum absolute atomic E-state index is 0.00596. The van der Waals surface area contributed by atoms with E-state index in [1.54, 1.807) is 4.68 Å². The lowest BCUT2D eigenvalue weighted by atomic mass is 9.95. The number of fused-ring (bicyclic) bond motifs is 2. The molecule has 0 radical (unpaired) electrons. The minimum Gasteiger partial charge on any atom is -0.445 e. The summed E-state index contributed by atoms with van der Waals surface area (Å²) in [7, 11) is 1.82. The van der Waals surface area contributed by atoms with Gasteiger partial charge in [-0.15, -0.1) is 5.10 Å². The molecule has 2 heterocycles. The summed E-state index contributed by atoms with van der Waals surface area (Å²) in [5.41, 5.74) is 12.3. The molecule has 11 nitrogen and oxygen atoms in total. The molecule has 2 atom stereocenters. The largest absolute Gasteiger partial charge is 0.445 e. The van der Waals surface area contributed by atoms with E-state index in [0.717, 1.165) is 35.0 Å². The number of hydrogen-bond donors (Lipinski definition) is 2. The fourth-order valence-electron chi connectivity index (χ4n) is 5.99. The van der Waals surface area contributed by atoms with Crippen molar-refractivity contribution in [2.75, 3.05) is 19.6 Å². The first-order chi connectivity index (χ1) is 20.9. The average Bonchev–Trinajstić information content (AvgIpc) is 3.65. The third kappa shape index (κ3) is 6.07. The van der Waals surface area contributed by atoms with Crippen molar-refractivity contribution >= 4 is 28.9 Å². The van der Waals surface area contributed by atoms with Crippen LogP contribution in [0.5, 0.6) is 0 Å². The Bertz CT molecular complexity index is 1610. The van der Waals surface area contributed by atoms with Crippen LogP contribution in [0.4, 0.5) is 4.79 Å². The van der Waals surface area contributed by atoms with Gasteiger partial charge in [0, 0.05) is 26.7 Å². The van der Waals surface area contributed by atoms with Gasteiger partial charge >= 0.3 is 6.09 Å². The van der Waals surface area contributed by atoms with Crippen molar-refractivity contribution in [3.8, 4) is 0 Å². The molecule has 1 aromatic heterocycles. The van der Waals surface area contributed by atoms with E-state index in [-0.39, 0.29) is 50.5 Å². The Labute approximate surface area is 249 Å². The van der Waals surface area contributed by atoms with Crippen molar-refractivity contribution in [2.24, 2.45) is 18.7 Å². The number of hydrogen-bond acceptors (Lipinski definition) is 7. The summed E-state index contributed by atoms with van der Waals surface area (Å²) >= 11 is 0. The lowest BCUT2D eigenvalue weighted by molar-refractivity contribution is -0.145. The van der Waals surface area contributed by atoms with Crippen molar-refractivity contribution in [1.82, 2.24) is 30.1 Å². The van der Waals surface area contributed by atoms with Crippen molar-refractivity contribution < 1.29 is 19.1 Å². The van der Waals surface area contributed by atoms with Crippen molar-refractivity contribution in [3.63, 3.8) is 0 Å². The molecule has 0 saturated carbocycles. The Balaban J connectivity index is 1.16. The van der Waals surface area contributed by atoms with E-state index in [0.29, 0.717) is 0 Å². The molecule has 43 heavy (non-hydrogen) atoms. The number of nitrogens with one attached hydrogen (secondary N) is 1. The molecule has 6 rings (SSSR count). The number of carbonyl (C=O) groups is 3. The van der Waals surface area contributed by atoms with Crippen LogP contribution in [0.3, 0.4) is 0 Å². The highest BCUT2D eigenvalue weighted by Gasteiger charge is 2.41. The summed E-state index contributed by atoms with van der Waals surface area (Å²) in [5.74, 6) is -0.701.